The van der Waals surface area contributed by atoms with Crippen molar-refractivity contribution in [2.24, 2.45) is 0 Å². The molecule has 3 heteroatoms. The van der Waals surface area contributed by atoms with E-state index in [0.29, 0.717) is 0 Å². The molecular weight excluding hydrogens is 354 g/mol. The van der Waals surface area contributed by atoms with Gasteiger partial charge in [-0.2, -0.15) is 0 Å². The largest absolute Gasteiger partial charge is 0.399 e. The number of aromatic nitrogens is 2. The molecule has 0 atom stereocenters. The number of anilines is 1. The fourth-order valence-corrected chi connectivity index (χ4v) is 3.23. The van der Waals surface area contributed by atoms with E-state index in [1.54, 1.807) is 0 Å². The van der Waals surface area contributed by atoms with Gasteiger partial charge in [0, 0.05) is 17.5 Å². The van der Waals surface area contributed by atoms with E-state index in [1.165, 1.54) is 22.3 Å². The standard InChI is InChI=1S/C19H24N2.C7H9N/c1-6-8-16-12-17(10-9-15(16)5)18-13-20-19(14(3)4)21(18)11-7-2;1-6-3-2-4-7(8)5-6/h7,9-13H,3,6,8H2,1-2,4-5H3;2-5H,8H2,1H3/b11-7-;. The SMILES string of the molecule is C=C(C)c1ncc(-c2ccc(C)c(CCC)c2)n1/C=C\C.Cc1cccc(N)c1. The van der Waals surface area contributed by atoms with Crippen LogP contribution in [0.1, 0.15) is 49.7 Å². The van der Waals surface area contributed by atoms with Crippen molar-refractivity contribution in [2.45, 2.75) is 47.5 Å². The van der Waals surface area contributed by atoms with Crippen LogP contribution in [0.15, 0.2) is 61.3 Å². The molecule has 0 saturated carbocycles. The van der Waals surface area contributed by atoms with Crippen molar-refractivity contribution in [2.75, 3.05) is 5.73 Å². The highest BCUT2D eigenvalue weighted by Crippen LogP contribution is 2.26. The number of hydrogen-bond donors (Lipinski definition) is 1. The topological polar surface area (TPSA) is 43.8 Å². The molecule has 1 heterocycles. The van der Waals surface area contributed by atoms with Crippen LogP contribution in [0.5, 0.6) is 0 Å². The molecule has 2 aromatic carbocycles. The van der Waals surface area contributed by atoms with Crippen LogP contribution >= 0.6 is 0 Å². The van der Waals surface area contributed by atoms with Crippen LogP contribution in [0.3, 0.4) is 0 Å². The second-order valence-corrected chi connectivity index (χ2v) is 7.41. The third-order valence-corrected chi connectivity index (χ3v) is 4.68. The molecule has 0 spiro atoms. The Kier molecular flexibility index (Phi) is 8.02. The first kappa shape index (κ1) is 22.2. The molecule has 29 heavy (non-hydrogen) atoms. The molecule has 0 fully saturated rings. The van der Waals surface area contributed by atoms with Gasteiger partial charge in [-0.05, 0) is 74.6 Å². The zero-order valence-electron chi connectivity index (χ0n) is 18.4. The fourth-order valence-electron chi connectivity index (χ4n) is 3.23. The van der Waals surface area contributed by atoms with Crippen LogP contribution in [-0.4, -0.2) is 9.55 Å². The number of nitrogens with zero attached hydrogens (tertiary/aromatic N) is 2. The Hall–Kier alpha value is -3.07. The van der Waals surface area contributed by atoms with Crippen LogP contribution in [0.2, 0.25) is 0 Å². The summed E-state index contributed by atoms with van der Waals surface area (Å²) in [4.78, 5) is 4.52. The lowest BCUT2D eigenvalue weighted by molar-refractivity contribution is 0.913. The van der Waals surface area contributed by atoms with Crippen LogP contribution < -0.4 is 5.73 Å². The van der Waals surface area contributed by atoms with Gasteiger partial charge in [-0.3, -0.25) is 4.57 Å². The predicted molar refractivity (Wildman–Crippen MR) is 128 cm³/mol. The molecule has 3 aromatic rings. The van der Waals surface area contributed by atoms with Gasteiger partial charge < -0.3 is 5.73 Å². The molecular formula is C26H33N3. The van der Waals surface area contributed by atoms with Crippen molar-refractivity contribution < 1.29 is 0 Å². The van der Waals surface area contributed by atoms with Gasteiger partial charge in [0.25, 0.3) is 0 Å². The summed E-state index contributed by atoms with van der Waals surface area (Å²) < 4.78 is 2.11. The average molecular weight is 388 g/mol. The van der Waals surface area contributed by atoms with Gasteiger partial charge in [0.1, 0.15) is 5.82 Å². The molecule has 3 nitrogen and oxygen atoms in total. The minimum absolute atomic E-state index is 0.838. The first-order chi connectivity index (χ1) is 13.9. The molecule has 0 amide bonds. The highest BCUT2D eigenvalue weighted by molar-refractivity contribution is 5.68. The summed E-state index contributed by atoms with van der Waals surface area (Å²) >= 11 is 0. The van der Waals surface area contributed by atoms with Gasteiger partial charge in [0.15, 0.2) is 0 Å². The van der Waals surface area contributed by atoms with E-state index in [9.17, 15) is 0 Å². The molecule has 0 radical (unpaired) electrons. The second-order valence-electron chi connectivity index (χ2n) is 7.41. The fraction of sp³-hybridized carbons (Fsp3) is 0.269. The Bertz CT molecular complexity index is 976. The van der Waals surface area contributed by atoms with Gasteiger partial charge in [0.2, 0.25) is 0 Å². The molecule has 0 aliphatic rings. The first-order valence-corrected chi connectivity index (χ1v) is 10.1. The molecule has 1 aromatic heterocycles. The van der Waals surface area contributed by atoms with Crippen LogP contribution in [0.4, 0.5) is 5.69 Å². The van der Waals surface area contributed by atoms with Gasteiger partial charge in [0.05, 0.1) is 11.9 Å². The van der Waals surface area contributed by atoms with Gasteiger partial charge in [-0.15, -0.1) is 0 Å². The Morgan fingerprint density at radius 3 is 2.48 bits per heavy atom. The maximum absolute atomic E-state index is 5.46. The summed E-state index contributed by atoms with van der Waals surface area (Å²) in [7, 11) is 0. The Labute approximate surface area is 175 Å². The van der Waals surface area contributed by atoms with Crippen molar-refractivity contribution in [3.8, 4) is 11.3 Å². The number of hydrogen-bond acceptors (Lipinski definition) is 2. The van der Waals surface area contributed by atoms with E-state index in [2.05, 4.69) is 48.2 Å². The normalized spacial score (nSPS) is 10.7. The van der Waals surface area contributed by atoms with Crippen LogP contribution in [0.25, 0.3) is 23.0 Å². The minimum atomic E-state index is 0.838. The van der Waals surface area contributed by atoms with Crippen molar-refractivity contribution >= 4 is 17.5 Å². The average Bonchev–Trinajstić information content (AvgIpc) is 3.08. The smallest absolute Gasteiger partial charge is 0.139 e. The Morgan fingerprint density at radius 2 is 1.93 bits per heavy atom. The number of nitrogen functional groups attached to an aromatic ring is 1. The Balaban J connectivity index is 0.000000313. The number of imidazole rings is 1. The lowest BCUT2D eigenvalue weighted by Crippen LogP contribution is -1.97. The first-order valence-electron chi connectivity index (χ1n) is 10.1. The van der Waals surface area contributed by atoms with E-state index < -0.39 is 0 Å². The monoisotopic (exact) mass is 387 g/mol. The molecule has 3 rings (SSSR count). The Morgan fingerprint density at radius 1 is 1.17 bits per heavy atom. The van der Waals surface area contributed by atoms with E-state index in [0.717, 1.165) is 35.6 Å². The van der Waals surface area contributed by atoms with E-state index >= 15 is 0 Å². The zero-order chi connectivity index (χ0) is 21.4. The predicted octanol–water partition coefficient (Wildman–Crippen LogP) is 6.91. The number of allylic oxidation sites excluding steroid dienone is 2. The maximum atomic E-state index is 5.46. The van der Waals surface area contributed by atoms with Crippen molar-refractivity contribution in [3.05, 3.63) is 83.8 Å². The van der Waals surface area contributed by atoms with Crippen LogP contribution in [0, 0.1) is 13.8 Å². The molecule has 152 valence electrons. The lowest BCUT2D eigenvalue weighted by atomic mass is 10.00. The summed E-state index contributed by atoms with van der Waals surface area (Å²) in [6.45, 7) is 14.4. The summed E-state index contributed by atoms with van der Waals surface area (Å²) in [5, 5.41) is 0. The third-order valence-electron chi connectivity index (χ3n) is 4.68. The molecule has 0 unspecified atom stereocenters. The van der Waals surface area contributed by atoms with Crippen molar-refractivity contribution in [1.82, 2.24) is 9.55 Å². The van der Waals surface area contributed by atoms with Crippen molar-refractivity contribution in [3.63, 3.8) is 0 Å². The van der Waals surface area contributed by atoms with E-state index in [-0.39, 0.29) is 0 Å². The number of nitrogens with two attached hydrogens (primary N) is 1. The number of aryl methyl sites for hydroxylation is 3. The summed E-state index contributed by atoms with van der Waals surface area (Å²) in [5.74, 6) is 0.917. The highest BCUT2D eigenvalue weighted by Gasteiger charge is 2.11. The molecule has 0 bridgehead atoms. The second kappa shape index (κ2) is 10.5. The molecule has 0 aliphatic carbocycles. The van der Waals surface area contributed by atoms with Gasteiger partial charge >= 0.3 is 0 Å². The van der Waals surface area contributed by atoms with Crippen molar-refractivity contribution in [1.29, 1.82) is 0 Å². The minimum Gasteiger partial charge on any atom is -0.399 e. The van der Waals surface area contributed by atoms with Crippen LogP contribution in [-0.2, 0) is 6.42 Å². The summed E-state index contributed by atoms with van der Waals surface area (Å²) in [5.41, 5.74) is 13.6. The molecule has 0 aliphatic heterocycles. The van der Waals surface area contributed by atoms with Gasteiger partial charge in [-0.1, -0.05) is 50.3 Å². The summed E-state index contributed by atoms with van der Waals surface area (Å²) in [6, 6.07) is 14.5. The molecule has 2 N–H and O–H groups in total. The third kappa shape index (κ3) is 5.95. The number of benzene rings is 2. The molecule has 0 saturated heterocycles. The van der Waals surface area contributed by atoms with E-state index in [4.69, 9.17) is 5.73 Å². The highest BCUT2D eigenvalue weighted by atomic mass is 15.1. The van der Waals surface area contributed by atoms with E-state index in [1.807, 2.05) is 63.5 Å². The quantitative estimate of drug-likeness (QED) is 0.483. The summed E-state index contributed by atoms with van der Waals surface area (Å²) in [6.07, 6.45) is 8.29. The number of rotatable bonds is 5. The lowest BCUT2D eigenvalue weighted by Gasteiger charge is -2.10. The zero-order valence-corrected chi connectivity index (χ0v) is 18.4. The van der Waals surface area contributed by atoms with Gasteiger partial charge in [-0.25, -0.2) is 4.98 Å². The maximum Gasteiger partial charge on any atom is 0.139 e.